The van der Waals surface area contributed by atoms with Crippen molar-refractivity contribution in [1.82, 2.24) is 0 Å². The molecule has 0 radical (unpaired) electrons. The van der Waals surface area contributed by atoms with E-state index in [0.717, 1.165) is 38.0 Å². The molecular weight excluding hydrogens is 416 g/mol. The summed E-state index contributed by atoms with van der Waals surface area (Å²) >= 11 is 1.60. The number of rotatable bonds is 7. The van der Waals surface area contributed by atoms with Gasteiger partial charge in [0.15, 0.2) is 0 Å². The Labute approximate surface area is 192 Å². The van der Waals surface area contributed by atoms with E-state index in [1.807, 2.05) is 78.9 Å². The number of aryl methyl sites for hydroxylation is 1. The molecule has 4 aromatic rings. The van der Waals surface area contributed by atoms with Crippen LogP contribution in [0.25, 0.3) is 0 Å². The van der Waals surface area contributed by atoms with Gasteiger partial charge in [-0.25, -0.2) is 0 Å². The predicted octanol–water partition coefficient (Wildman–Crippen LogP) is 6.83. The Bertz CT molecular complexity index is 1200. The smallest absolute Gasteiger partial charge is 0.256 e. The van der Waals surface area contributed by atoms with Crippen LogP contribution >= 0.6 is 11.3 Å². The number of methoxy groups -OCH3 is 1. The Morgan fingerprint density at radius 1 is 0.875 bits per heavy atom. The van der Waals surface area contributed by atoms with E-state index in [2.05, 4.69) is 30.5 Å². The molecule has 1 atom stereocenters. The highest BCUT2D eigenvalue weighted by Crippen LogP contribution is 2.43. The summed E-state index contributed by atoms with van der Waals surface area (Å²) in [6, 6.07) is 27.2. The van der Waals surface area contributed by atoms with Gasteiger partial charge >= 0.3 is 0 Å². The average molecular weight is 443 g/mol. The van der Waals surface area contributed by atoms with E-state index in [4.69, 9.17) is 4.74 Å². The van der Waals surface area contributed by atoms with Gasteiger partial charge in [0.2, 0.25) is 0 Å². The summed E-state index contributed by atoms with van der Waals surface area (Å²) in [6.07, 6.45) is 0. The van der Waals surface area contributed by atoms with Gasteiger partial charge in [-0.05, 0) is 49.7 Å². The molecule has 1 aromatic heterocycles. The van der Waals surface area contributed by atoms with Crippen molar-refractivity contribution < 1.29 is 9.53 Å². The molecule has 0 saturated carbocycles. The topological polar surface area (TPSA) is 50.4 Å². The number of anilines is 2. The lowest BCUT2D eigenvalue weighted by Gasteiger charge is -2.24. The number of hydrogen-bond acceptors (Lipinski definition) is 4. The number of nitrogens with one attached hydrogen (secondary N) is 2. The number of hydrogen-bond donors (Lipinski definition) is 2. The lowest BCUT2D eigenvalue weighted by molar-refractivity contribution is 0.102. The zero-order valence-electron chi connectivity index (χ0n) is 18.4. The highest BCUT2D eigenvalue weighted by molar-refractivity contribution is 7.16. The highest BCUT2D eigenvalue weighted by atomic mass is 32.1. The molecule has 1 heterocycles. The van der Waals surface area contributed by atoms with E-state index < -0.39 is 0 Å². The second kappa shape index (κ2) is 9.71. The number of ether oxygens (including phenoxy) is 1. The van der Waals surface area contributed by atoms with E-state index in [-0.39, 0.29) is 11.9 Å². The molecule has 162 valence electrons. The second-order valence-electron chi connectivity index (χ2n) is 7.53. The maximum atomic E-state index is 13.0. The van der Waals surface area contributed by atoms with Crippen LogP contribution in [0.3, 0.4) is 0 Å². The van der Waals surface area contributed by atoms with Crippen LogP contribution in [0.15, 0.2) is 84.9 Å². The van der Waals surface area contributed by atoms with E-state index in [9.17, 15) is 4.79 Å². The lowest BCUT2D eigenvalue weighted by atomic mass is 9.95. The summed E-state index contributed by atoms with van der Waals surface area (Å²) in [6.45, 7) is 4.19. The molecule has 0 saturated heterocycles. The fourth-order valence-electron chi connectivity index (χ4n) is 3.76. The van der Waals surface area contributed by atoms with Crippen molar-refractivity contribution in [3.8, 4) is 5.75 Å². The maximum absolute atomic E-state index is 13.0. The van der Waals surface area contributed by atoms with Crippen molar-refractivity contribution >= 4 is 27.9 Å². The lowest BCUT2D eigenvalue weighted by Crippen LogP contribution is -2.18. The number of carbonyl (C=O) groups excluding carboxylic acids is 1. The molecule has 0 bridgehead atoms. The average Bonchev–Trinajstić information content (AvgIpc) is 3.11. The Kier molecular flexibility index (Phi) is 6.57. The first-order valence-electron chi connectivity index (χ1n) is 10.5. The summed E-state index contributed by atoms with van der Waals surface area (Å²) < 4.78 is 5.70. The Morgan fingerprint density at radius 2 is 1.50 bits per heavy atom. The predicted molar refractivity (Wildman–Crippen MR) is 133 cm³/mol. The molecule has 0 fully saturated rings. The van der Waals surface area contributed by atoms with Crippen LogP contribution in [0.5, 0.6) is 5.75 Å². The van der Waals surface area contributed by atoms with Crippen LogP contribution in [0.4, 0.5) is 10.7 Å². The third kappa shape index (κ3) is 4.53. The van der Waals surface area contributed by atoms with Gasteiger partial charge in [-0.3, -0.25) is 4.79 Å². The molecule has 0 aliphatic rings. The van der Waals surface area contributed by atoms with Gasteiger partial charge in [0.25, 0.3) is 5.91 Å². The molecule has 4 nitrogen and oxygen atoms in total. The van der Waals surface area contributed by atoms with Gasteiger partial charge in [-0.2, -0.15) is 0 Å². The van der Waals surface area contributed by atoms with Crippen molar-refractivity contribution in [2.45, 2.75) is 19.9 Å². The van der Waals surface area contributed by atoms with Crippen LogP contribution < -0.4 is 15.4 Å². The number of para-hydroxylation sites is 2. The largest absolute Gasteiger partial charge is 0.496 e. The second-order valence-corrected chi connectivity index (χ2v) is 8.76. The molecule has 0 spiro atoms. The summed E-state index contributed by atoms with van der Waals surface area (Å²) in [7, 11) is 1.68. The van der Waals surface area contributed by atoms with E-state index >= 15 is 0 Å². The van der Waals surface area contributed by atoms with Gasteiger partial charge in [0, 0.05) is 27.3 Å². The maximum Gasteiger partial charge on any atom is 0.256 e. The fraction of sp³-hybridized carbons (Fsp3) is 0.148. The highest BCUT2D eigenvalue weighted by Gasteiger charge is 2.27. The first kappa shape index (κ1) is 21.7. The monoisotopic (exact) mass is 442 g/mol. The van der Waals surface area contributed by atoms with Gasteiger partial charge in [-0.15, -0.1) is 11.3 Å². The van der Waals surface area contributed by atoms with Crippen molar-refractivity contribution in [3.05, 3.63) is 112 Å². The first-order valence-corrected chi connectivity index (χ1v) is 11.3. The molecule has 4 rings (SSSR count). The molecule has 5 heteroatoms. The van der Waals surface area contributed by atoms with Crippen molar-refractivity contribution in [2.75, 3.05) is 17.7 Å². The zero-order chi connectivity index (χ0) is 22.5. The molecule has 0 unspecified atom stereocenters. The van der Waals surface area contributed by atoms with Crippen LogP contribution in [0.1, 0.15) is 38.0 Å². The molecule has 0 aliphatic carbocycles. The first-order chi connectivity index (χ1) is 15.6. The van der Waals surface area contributed by atoms with E-state index in [0.29, 0.717) is 5.56 Å². The Hall–Kier alpha value is -3.57. The number of carbonyl (C=O) groups is 1. The Balaban J connectivity index is 1.81. The third-order valence-corrected chi connectivity index (χ3v) is 6.66. The quantitative estimate of drug-likeness (QED) is 0.330. The zero-order valence-corrected chi connectivity index (χ0v) is 19.2. The molecular formula is C27H26N2O2S. The minimum atomic E-state index is -0.204. The number of amides is 1. The Morgan fingerprint density at radius 3 is 2.19 bits per heavy atom. The van der Waals surface area contributed by atoms with Crippen molar-refractivity contribution in [1.29, 1.82) is 0 Å². The van der Waals surface area contributed by atoms with Crippen LogP contribution in [0, 0.1) is 13.8 Å². The fourth-order valence-corrected chi connectivity index (χ4v) is 4.86. The summed E-state index contributed by atoms with van der Waals surface area (Å²) in [5, 5.41) is 7.67. The van der Waals surface area contributed by atoms with Crippen LogP contribution in [-0.2, 0) is 0 Å². The minimum absolute atomic E-state index is 0.119. The summed E-state index contributed by atoms with van der Waals surface area (Å²) in [4.78, 5) is 14.1. The van der Waals surface area contributed by atoms with Gasteiger partial charge < -0.3 is 15.4 Å². The number of thiophene rings is 1. The van der Waals surface area contributed by atoms with Gasteiger partial charge in [-0.1, -0.05) is 54.6 Å². The normalized spacial score (nSPS) is 11.6. The van der Waals surface area contributed by atoms with Crippen molar-refractivity contribution in [2.24, 2.45) is 0 Å². The molecule has 2 N–H and O–H groups in total. The number of benzene rings is 3. The van der Waals surface area contributed by atoms with Gasteiger partial charge in [0.05, 0.1) is 13.2 Å². The minimum Gasteiger partial charge on any atom is -0.496 e. The van der Waals surface area contributed by atoms with Crippen LogP contribution in [0.2, 0.25) is 0 Å². The molecule has 32 heavy (non-hydrogen) atoms. The standard InChI is InChI=1S/C27H26N2O2S/c1-18-19(2)32-27(29-26(30)20-12-6-4-7-13-20)24(18)25(28-21-14-8-5-9-15-21)22-16-10-11-17-23(22)31-3/h4-17,25,28H,1-3H3,(H,29,30)/t25-/m1/s1. The molecule has 1 amide bonds. The summed E-state index contributed by atoms with van der Waals surface area (Å²) in [5.74, 6) is 0.677. The van der Waals surface area contributed by atoms with Crippen molar-refractivity contribution in [3.63, 3.8) is 0 Å². The van der Waals surface area contributed by atoms with E-state index in [1.165, 1.54) is 0 Å². The van der Waals surface area contributed by atoms with Crippen LogP contribution in [-0.4, -0.2) is 13.0 Å². The molecule has 0 aliphatic heterocycles. The molecule has 3 aromatic carbocycles. The summed E-state index contributed by atoms with van der Waals surface area (Å²) in [5.41, 5.74) is 4.83. The van der Waals surface area contributed by atoms with Gasteiger partial charge in [0.1, 0.15) is 10.8 Å². The third-order valence-electron chi connectivity index (χ3n) is 5.52. The van der Waals surface area contributed by atoms with E-state index in [1.54, 1.807) is 18.4 Å². The SMILES string of the molecule is COc1ccccc1[C@@H](Nc1ccccc1)c1c(NC(=O)c2ccccc2)sc(C)c1C.